The van der Waals surface area contributed by atoms with E-state index >= 15 is 0 Å². The molecule has 0 saturated heterocycles. The molecular weight excluding hydrogens is 262 g/mol. The largest absolute Gasteiger partial charge is 0.368 e. The Bertz CT molecular complexity index is 610. The fraction of sp³-hybridized carbons (Fsp3) is 0.438. The molecule has 0 unspecified atom stereocenters. The van der Waals surface area contributed by atoms with Crippen molar-refractivity contribution in [2.45, 2.75) is 19.3 Å². The Balaban J connectivity index is 1.89. The van der Waals surface area contributed by atoms with Gasteiger partial charge in [0.15, 0.2) is 5.82 Å². The van der Waals surface area contributed by atoms with Crippen LogP contribution in [0.4, 0.5) is 5.82 Å². The summed E-state index contributed by atoms with van der Waals surface area (Å²) in [7, 11) is 4.16. The number of fused-ring (bicyclic) bond motifs is 1. The molecule has 0 fully saturated rings. The van der Waals surface area contributed by atoms with E-state index in [1.807, 2.05) is 12.1 Å². The number of hydrogen-bond acceptors (Lipinski definition) is 5. The fourth-order valence-electron chi connectivity index (χ4n) is 2.61. The van der Waals surface area contributed by atoms with E-state index in [0.29, 0.717) is 0 Å². The predicted octanol–water partition coefficient (Wildman–Crippen LogP) is 2.00. The lowest BCUT2D eigenvalue weighted by Gasteiger charge is -2.14. The number of rotatable bonds is 5. The highest BCUT2D eigenvalue weighted by molar-refractivity contribution is 5.60. The Morgan fingerprint density at radius 1 is 1.14 bits per heavy atom. The number of nitrogens with one attached hydrogen (secondary N) is 1. The maximum atomic E-state index is 4.74. The van der Waals surface area contributed by atoms with E-state index in [2.05, 4.69) is 29.3 Å². The monoisotopic (exact) mass is 283 g/mol. The molecule has 1 N–H and O–H groups in total. The van der Waals surface area contributed by atoms with E-state index in [4.69, 9.17) is 9.97 Å². The minimum absolute atomic E-state index is 0.797. The molecule has 110 valence electrons. The van der Waals surface area contributed by atoms with Crippen LogP contribution in [-0.4, -0.2) is 47.0 Å². The molecule has 0 amide bonds. The van der Waals surface area contributed by atoms with Gasteiger partial charge in [-0.25, -0.2) is 9.97 Å². The Morgan fingerprint density at radius 3 is 2.71 bits per heavy atom. The molecule has 5 heteroatoms. The summed E-state index contributed by atoms with van der Waals surface area (Å²) >= 11 is 0. The van der Waals surface area contributed by atoms with Gasteiger partial charge in [-0.2, -0.15) is 0 Å². The van der Waals surface area contributed by atoms with Gasteiger partial charge in [0.1, 0.15) is 5.82 Å². The van der Waals surface area contributed by atoms with Crippen LogP contribution >= 0.6 is 0 Å². The van der Waals surface area contributed by atoms with Crippen LogP contribution in [0, 0.1) is 0 Å². The first-order valence-corrected chi connectivity index (χ1v) is 7.43. The third-order valence-corrected chi connectivity index (χ3v) is 3.72. The molecule has 2 aromatic heterocycles. The molecule has 21 heavy (non-hydrogen) atoms. The number of pyridine rings is 1. The van der Waals surface area contributed by atoms with Gasteiger partial charge in [0.2, 0.25) is 0 Å². The minimum Gasteiger partial charge on any atom is -0.368 e. The molecule has 0 spiro atoms. The van der Waals surface area contributed by atoms with Crippen molar-refractivity contribution in [1.29, 1.82) is 0 Å². The molecule has 0 atom stereocenters. The zero-order valence-electron chi connectivity index (χ0n) is 12.6. The molecule has 0 bridgehead atoms. The third-order valence-electron chi connectivity index (χ3n) is 3.72. The van der Waals surface area contributed by atoms with Gasteiger partial charge in [0.05, 0.1) is 0 Å². The van der Waals surface area contributed by atoms with Crippen molar-refractivity contribution in [2.75, 3.05) is 32.5 Å². The standard InChI is InChI=1S/C16H21N5/c1-21(2)11-10-18-16-13-4-3-5-14(13)19-15(20-16)12-6-8-17-9-7-12/h6-9H,3-5,10-11H2,1-2H3,(H,18,19,20). The summed E-state index contributed by atoms with van der Waals surface area (Å²) in [6.45, 7) is 1.88. The summed E-state index contributed by atoms with van der Waals surface area (Å²) in [5.41, 5.74) is 3.52. The van der Waals surface area contributed by atoms with Crippen LogP contribution < -0.4 is 5.32 Å². The molecule has 0 aliphatic heterocycles. The average Bonchev–Trinajstić information content (AvgIpc) is 2.96. The lowest BCUT2D eigenvalue weighted by atomic mass is 10.2. The molecular formula is C16H21N5. The van der Waals surface area contributed by atoms with Crippen LogP contribution in [0.1, 0.15) is 17.7 Å². The van der Waals surface area contributed by atoms with Crippen molar-refractivity contribution in [3.8, 4) is 11.4 Å². The van der Waals surface area contributed by atoms with Crippen molar-refractivity contribution in [3.05, 3.63) is 35.8 Å². The van der Waals surface area contributed by atoms with E-state index in [0.717, 1.165) is 43.1 Å². The van der Waals surface area contributed by atoms with Gasteiger partial charge in [-0.15, -0.1) is 0 Å². The van der Waals surface area contributed by atoms with E-state index in [1.54, 1.807) is 12.4 Å². The lowest BCUT2D eigenvalue weighted by molar-refractivity contribution is 0.425. The summed E-state index contributed by atoms with van der Waals surface area (Å²) in [6.07, 6.45) is 6.87. The molecule has 2 aromatic rings. The van der Waals surface area contributed by atoms with Gasteiger partial charge in [-0.05, 0) is 45.5 Å². The summed E-state index contributed by atoms with van der Waals surface area (Å²) in [5.74, 6) is 1.80. The maximum absolute atomic E-state index is 4.74. The lowest BCUT2D eigenvalue weighted by Crippen LogP contribution is -2.21. The van der Waals surface area contributed by atoms with Crippen molar-refractivity contribution >= 4 is 5.82 Å². The fourth-order valence-corrected chi connectivity index (χ4v) is 2.61. The molecule has 1 aliphatic carbocycles. The first-order chi connectivity index (χ1) is 10.2. The van der Waals surface area contributed by atoms with Gasteiger partial charge in [-0.3, -0.25) is 4.98 Å². The SMILES string of the molecule is CN(C)CCNc1nc(-c2ccncc2)nc2c1CCC2. The van der Waals surface area contributed by atoms with E-state index < -0.39 is 0 Å². The normalized spacial score (nSPS) is 13.5. The van der Waals surface area contributed by atoms with Crippen molar-refractivity contribution in [2.24, 2.45) is 0 Å². The maximum Gasteiger partial charge on any atom is 0.161 e. The average molecular weight is 283 g/mol. The minimum atomic E-state index is 0.797. The van der Waals surface area contributed by atoms with Crippen molar-refractivity contribution in [3.63, 3.8) is 0 Å². The quantitative estimate of drug-likeness (QED) is 0.909. The topological polar surface area (TPSA) is 53.9 Å². The summed E-state index contributed by atoms with van der Waals surface area (Å²) in [4.78, 5) is 15.7. The van der Waals surface area contributed by atoms with Crippen LogP contribution in [0.15, 0.2) is 24.5 Å². The number of nitrogens with zero attached hydrogens (tertiary/aromatic N) is 4. The van der Waals surface area contributed by atoms with Crippen LogP contribution in [0.2, 0.25) is 0 Å². The van der Waals surface area contributed by atoms with Crippen LogP contribution in [-0.2, 0) is 12.8 Å². The van der Waals surface area contributed by atoms with Gasteiger partial charge >= 0.3 is 0 Å². The first-order valence-electron chi connectivity index (χ1n) is 7.43. The van der Waals surface area contributed by atoms with Crippen molar-refractivity contribution in [1.82, 2.24) is 19.9 Å². The number of anilines is 1. The van der Waals surface area contributed by atoms with E-state index in [1.165, 1.54) is 17.7 Å². The molecule has 5 nitrogen and oxygen atoms in total. The second kappa shape index (κ2) is 6.18. The zero-order chi connectivity index (χ0) is 14.7. The Labute approximate surface area is 125 Å². The van der Waals surface area contributed by atoms with Crippen LogP contribution in [0.3, 0.4) is 0 Å². The molecule has 0 saturated carbocycles. The van der Waals surface area contributed by atoms with E-state index in [-0.39, 0.29) is 0 Å². The van der Waals surface area contributed by atoms with E-state index in [9.17, 15) is 0 Å². The molecule has 1 aliphatic rings. The highest BCUT2D eigenvalue weighted by Gasteiger charge is 2.19. The van der Waals surface area contributed by atoms with Gasteiger partial charge in [0.25, 0.3) is 0 Å². The second-order valence-corrected chi connectivity index (χ2v) is 5.64. The number of hydrogen-bond donors (Lipinski definition) is 1. The summed E-state index contributed by atoms with van der Waals surface area (Å²) < 4.78 is 0. The highest BCUT2D eigenvalue weighted by Crippen LogP contribution is 2.28. The Morgan fingerprint density at radius 2 is 1.95 bits per heavy atom. The predicted molar refractivity (Wildman–Crippen MR) is 84.3 cm³/mol. The highest BCUT2D eigenvalue weighted by atomic mass is 15.1. The Hall–Kier alpha value is -2.01. The zero-order valence-corrected chi connectivity index (χ0v) is 12.6. The smallest absolute Gasteiger partial charge is 0.161 e. The number of aryl methyl sites for hydroxylation is 1. The molecule has 2 heterocycles. The number of likely N-dealkylation sites (N-methyl/N-ethyl adjacent to an activating group) is 1. The van der Waals surface area contributed by atoms with Crippen LogP contribution in [0.25, 0.3) is 11.4 Å². The first kappa shape index (κ1) is 13.9. The summed E-state index contributed by atoms with van der Waals surface area (Å²) in [5, 5.41) is 3.48. The summed E-state index contributed by atoms with van der Waals surface area (Å²) in [6, 6.07) is 3.92. The second-order valence-electron chi connectivity index (χ2n) is 5.64. The molecule has 3 rings (SSSR count). The van der Waals surface area contributed by atoms with Gasteiger partial charge < -0.3 is 10.2 Å². The Kier molecular flexibility index (Phi) is 4.10. The van der Waals surface area contributed by atoms with Crippen molar-refractivity contribution < 1.29 is 0 Å². The third kappa shape index (κ3) is 3.19. The molecule has 0 radical (unpaired) electrons. The van der Waals surface area contributed by atoms with Gasteiger partial charge in [-0.1, -0.05) is 0 Å². The van der Waals surface area contributed by atoms with Crippen LogP contribution in [0.5, 0.6) is 0 Å². The number of aromatic nitrogens is 3. The molecule has 0 aromatic carbocycles. The van der Waals surface area contributed by atoms with Gasteiger partial charge in [0, 0.05) is 42.3 Å².